The number of oxazole rings is 1. The summed E-state index contributed by atoms with van der Waals surface area (Å²) in [6, 6.07) is 0. The predicted octanol–water partition coefficient (Wildman–Crippen LogP) is -2.49. The van der Waals surface area contributed by atoms with E-state index in [1.54, 1.807) is 0 Å². The van der Waals surface area contributed by atoms with Gasteiger partial charge in [-0.25, -0.2) is 0 Å². The molecule has 0 N–H and O–H groups in total. The molecular weight excluding hydrogens is 257 g/mol. The summed E-state index contributed by atoms with van der Waals surface area (Å²) in [5.41, 5.74) is 1.42. The van der Waals surface area contributed by atoms with Gasteiger partial charge in [0.05, 0.1) is 0 Å². The van der Waals surface area contributed by atoms with Crippen LogP contribution < -0.4 is 21.2 Å². The second-order valence-electron chi connectivity index (χ2n) is 1.86. The molecule has 2 aromatic heterocycles. The van der Waals surface area contributed by atoms with E-state index in [2.05, 4.69) is 19.9 Å². The molecular formula is C6H5IN3O-. The van der Waals surface area contributed by atoms with Crippen molar-refractivity contribution in [2.24, 2.45) is 0 Å². The Bertz CT molecular complexity index is 373. The Balaban J connectivity index is 2.79. The minimum absolute atomic E-state index is 0.0516. The maximum absolute atomic E-state index is 5.13. The van der Waals surface area contributed by atoms with Crippen molar-refractivity contribution in [1.29, 1.82) is 0 Å². The van der Waals surface area contributed by atoms with Gasteiger partial charge < -0.3 is 0 Å². The summed E-state index contributed by atoms with van der Waals surface area (Å²) in [4.78, 5) is 14.1. The number of rotatable bonds is 1. The monoisotopic (exact) mass is 262 g/mol. The number of nitrogens with zero attached hydrogens (tertiary/aromatic N) is 3. The van der Waals surface area contributed by atoms with Gasteiger partial charge in [0.25, 0.3) is 0 Å². The molecule has 5 heteroatoms. The van der Waals surface area contributed by atoms with E-state index >= 15 is 0 Å². The van der Waals surface area contributed by atoms with Gasteiger partial charge >= 0.3 is 73.2 Å². The van der Waals surface area contributed by atoms with Crippen molar-refractivity contribution in [2.75, 3.05) is 4.93 Å². The Morgan fingerprint density at radius 3 is 3.09 bits per heavy atom. The molecule has 0 spiro atoms. The van der Waals surface area contributed by atoms with Crippen LogP contribution >= 0.6 is 0 Å². The summed E-state index contributed by atoms with van der Waals surface area (Å²) >= 11 is -0.0516. The van der Waals surface area contributed by atoms with Gasteiger partial charge in [0.1, 0.15) is 0 Å². The fourth-order valence-corrected chi connectivity index (χ4v) is 2.06. The van der Waals surface area contributed by atoms with Gasteiger partial charge in [0.2, 0.25) is 0 Å². The molecule has 0 amide bonds. The van der Waals surface area contributed by atoms with Gasteiger partial charge in [-0.2, -0.15) is 0 Å². The molecule has 0 fully saturated rings. The molecule has 0 bridgehead atoms. The van der Waals surface area contributed by atoms with Crippen molar-refractivity contribution in [2.45, 2.75) is 0 Å². The zero-order valence-electron chi connectivity index (χ0n) is 5.78. The van der Waals surface area contributed by atoms with E-state index in [1.807, 2.05) is 0 Å². The summed E-state index contributed by atoms with van der Waals surface area (Å²) in [5, 5.41) is 0. The second-order valence-corrected chi connectivity index (χ2v) is 3.96. The van der Waals surface area contributed by atoms with Crippen molar-refractivity contribution < 1.29 is 25.6 Å². The first-order chi connectivity index (χ1) is 5.42. The molecule has 0 saturated heterocycles. The van der Waals surface area contributed by atoms with Gasteiger partial charge in [0, 0.05) is 0 Å². The van der Waals surface area contributed by atoms with Crippen molar-refractivity contribution in [3.63, 3.8) is 0 Å². The van der Waals surface area contributed by atoms with Gasteiger partial charge in [0.15, 0.2) is 0 Å². The van der Waals surface area contributed by atoms with Crippen LogP contribution in [0.25, 0.3) is 11.2 Å². The van der Waals surface area contributed by atoms with E-state index in [-0.39, 0.29) is 21.2 Å². The van der Waals surface area contributed by atoms with Crippen LogP contribution in [-0.2, 0) is 0 Å². The van der Waals surface area contributed by atoms with Crippen LogP contribution in [0.2, 0.25) is 0 Å². The Labute approximate surface area is 73.3 Å². The molecule has 0 aliphatic rings. The van der Waals surface area contributed by atoms with Crippen LogP contribution in [0.15, 0.2) is 17.1 Å². The SMILES string of the molecule is C[I-]c1ncnc2ncoc12. The van der Waals surface area contributed by atoms with E-state index in [0.29, 0.717) is 5.65 Å². The number of hydrogen-bond acceptors (Lipinski definition) is 4. The summed E-state index contributed by atoms with van der Waals surface area (Å²) in [7, 11) is 0. The molecule has 58 valence electrons. The molecule has 0 radical (unpaired) electrons. The normalized spacial score (nSPS) is 11.0. The zero-order valence-corrected chi connectivity index (χ0v) is 7.94. The zero-order chi connectivity index (χ0) is 7.68. The summed E-state index contributed by atoms with van der Waals surface area (Å²) in [6.45, 7) is 0. The molecule has 0 saturated carbocycles. The third-order valence-corrected chi connectivity index (χ3v) is 3.06. The first-order valence-corrected chi connectivity index (χ1v) is 6.19. The Morgan fingerprint density at radius 1 is 1.36 bits per heavy atom. The molecule has 2 aromatic rings. The van der Waals surface area contributed by atoms with Gasteiger partial charge in [-0.3, -0.25) is 0 Å². The standard InChI is InChI=1S/C6H5IN3O/c1-7-5-4-6(9-2-8-5)10-3-11-4/h2-3H,1H3/q-1. The van der Waals surface area contributed by atoms with E-state index in [4.69, 9.17) is 4.42 Å². The van der Waals surface area contributed by atoms with Crippen LogP contribution in [0.4, 0.5) is 0 Å². The van der Waals surface area contributed by atoms with Gasteiger partial charge in [-0.1, -0.05) is 0 Å². The predicted molar refractivity (Wildman–Crippen MR) is 34.2 cm³/mol. The molecule has 2 heterocycles. The summed E-state index contributed by atoms with van der Waals surface area (Å²) in [6.07, 6.45) is 2.94. The van der Waals surface area contributed by atoms with Crippen LogP contribution in [0.1, 0.15) is 0 Å². The van der Waals surface area contributed by atoms with E-state index in [0.717, 1.165) is 9.28 Å². The molecule has 0 aromatic carbocycles. The Kier molecular flexibility index (Phi) is 1.72. The summed E-state index contributed by atoms with van der Waals surface area (Å²) < 4.78 is 6.15. The number of fused-ring (bicyclic) bond motifs is 1. The van der Waals surface area contributed by atoms with E-state index < -0.39 is 0 Å². The number of halogens is 1. The average molecular weight is 262 g/mol. The molecule has 0 aliphatic carbocycles. The molecule has 2 rings (SSSR count). The molecule has 11 heavy (non-hydrogen) atoms. The molecule has 0 aliphatic heterocycles. The maximum atomic E-state index is 5.13. The molecule has 0 atom stereocenters. The van der Waals surface area contributed by atoms with E-state index in [1.165, 1.54) is 12.7 Å². The van der Waals surface area contributed by atoms with Crippen LogP contribution in [0, 0.1) is 3.70 Å². The fraction of sp³-hybridized carbons (Fsp3) is 0.167. The first kappa shape index (κ1) is 6.96. The second kappa shape index (κ2) is 2.72. The van der Waals surface area contributed by atoms with Crippen LogP contribution in [0.3, 0.4) is 0 Å². The van der Waals surface area contributed by atoms with Crippen LogP contribution in [0.5, 0.6) is 0 Å². The van der Waals surface area contributed by atoms with Crippen molar-refractivity contribution in [3.05, 3.63) is 16.4 Å². The van der Waals surface area contributed by atoms with Crippen molar-refractivity contribution in [1.82, 2.24) is 15.0 Å². The molecule has 0 unspecified atom stereocenters. The molecule has 4 nitrogen and oxygen atoms in total. The van der Waals surface area contributed by atoms with Crippen LogP contribution in [-0.4, -0.2) is 19.9 Å². The fourth-order valence-electron chi connectivity index (χ4n) is 0.801. The Hall–Kier alpha value is -0.720. The number of aromatic nitrogens is 3. The first-order valence-electron chi connectivity index (χ1n) is 2.95. The van der Waals surface area contributed by atoms with Gasteiger partial charge in [-0.05, 0) is 0 Å². The average Bonchev–Trinajstić information content (AvgIpc) is 2.50. The topological polar surface area (TPSA) is 51.8 Å². The van der Waals surface area contributed by atoms with Gasteiger partial charge in [-0.15, -0.1) is 0 Å². The van der Waals surface area contributed by atoms with E-state index in [9.17, 15) is 0 Å². The quantitative estimate of drug-likeness (QED) is 0.324. The number of alkyl halides is 1. The minimum atomic E-state index is -0.0516. The Morgan fingerprint density at radius 2 is 2.27 bits per heavy atom. The third-order valence-electron chi connectivity index (χ3n) is 1.27. The van der Waals surface area contributed by atoms with Crippen molar-refractivity contribution in [3.8, 4) is 0 Å². The third kappa shape index (κ3) is 1.09. The number of hydrogen-bond donors (Lipinski definition) is 0. The van der Waals surface area contributed by atoms with Crippen molar-refractivity contribution >= 4 is 11.2 Å². The summed E-state index contributed by atoms with van der Waals surface area (Å²) in [5.74, 6) is 0.